The monoisotopic (exact) mass is 232 g/mol. The number of aromatic amines is 1. The quantitative estimate of drug-likeness (QED) is 0.592. The van der Waals surface area contributed by atoms with E-state index < -0.39 is 0 Å². The van der Waals surface area contributed by atoms with Crippen LogP contribution in [0.1, 0.15) is 5.56 Å². The number of benzene rings is 1. The summed E-state index contributed by atoms with van der Waals surface area (Å²) in [4.78, 5) is 4.39. The molecule has 0 radical (unpaired) electrons. The van der Waals surface area contributed by atoms with Gasteiger partial charge in [0, 0.05) is 36.1 Å². The van der Waals surface area contributed by atoms with E-state index >= 15 is 0 Å². The highest BCUT2D eigenvalue weighted by atomic mass is 32.2. The van der Waals surface area contributed by atoms with Crippen LogP contribution in [0.3, 0.4) is 0 Å². The van der Waals surface area contributed by atoms with E-state index in [1.807, 2.05) is 30.2 Å². The number of hydrogen-bond acceptors (Lipinski definition) is 2. The number of hydrogen-bond donors (Lipinski definition) is 2. The topological polar surface area (TPSA) is 27.8 Å². The summed E-state index contributed by atoms with van der Waals surface area (Å²) in [5, 5.41) is 3.42. The Kier molecular flexibility index (Phi) is 4.52. The highest BCUT2D eigenvalue weighted by Gasteiger charge is 1.93. The molecule has 0 atom stereocenters. The molecule has 2 aromatic rings. The summed E-state index contributed by atoms with van der Waals surface area (Å²) in [6.45, 7) is 1.98. The van der Waals surface area contributed by atoms with Crippen molar-refractivity contribution in [2.45, 2.75) is 11.4 Å². The third-order valence-corrected chi connectivity index (χ3v) is 3.30. The molecule has 0 aliphatic rings. The largest absolute Gasteiger partial charge is 0.367 e. The third-order valence-electron chi connectivity index (χ3n) is 2.28. The molecule has 0 spiro atoms. The number of H-pyrrole nitrogens is 1. The maximum atomic E-state index is 3.42. The fraction of sp³-hybridized carbons (Fsp3) is 0.231. The van der Waals surface area contributed by atoms with Crippen molar-refractivity contribution in [3.05, 3.63) is 54.4 Å². The van der Waals surface area contributed by atoms with Crippen LogP contribution < -0.4 is 5.32 Å². The van der Waals surface area contributed by atoms with Gasteiger partial charge in [-0.15, -0.1) is 11.8 Å². The Morgan fingerprint density at radius 3 is 2.75 bits per heavy atom. The van der Waals surface area contributed by atoms with Crippen LogP contribution in [0.5, 0.6) is 0 Å². The molecule has 84 valence electrons. The van der Waals surface area contributed by atoms with Gasteiger partial charge in [0.25, 0.3) is 0 Å². The minimum Gasteiger partial charge on any atom is -0.367 e. The first-order valence-electron chi connectivity index (χ1n) is 5.45. The fourth-order valence-electron chi connectivity index (χ4n) is 1.46. The highest BCUT2D eigenvalue weighted by molar-refractivity contribution is 7.99. The van der Waals surface area contributed by atoms with Crippen LogP contribution in [-0.4, -0.2) is 17.3 Å². The van der Waals surface area contributed by atoms with Gasteiger partial charge in [-0.3, -0.25) is 0 Å². The molecule has 0 saturated heterocycles. The molecular weight excluding hydrogens is 216 g/mol. The first kappa shape index (κ1) is 11.3. The summed E-state index contributed by atoms with van der Waals surface area (Å²) in [5.74, 6) is 1.11. The Morgan fingerprint density at radius 1 is 1.12 bits per heavy atom. The van der Waals surface area contributed by atoms with Gasteiger partial charge in [-0.2, -0.15) is 0 Å². The van der Waals surface area contributed by atoms with Crippen LogP contribution in [-0.2, 0) is 6.54 Å². The Bertz CT molecular complexity index is 384. The van der Waals surface area contributed by atoms with Crippen LogP contribution in [0.25, 0.3) is 0 Å². The molecule has 0 aliphatic carbocycles. The second kappa shape index (κ2) is 6.40. The number of thioether (sulfide) groups is 1. The lowest BCUT2D eigenvalue weighted by Gasteiger charge is -2.03. The second-order valence-corrected chi connectivity index (χ2v) is 4.73. The predicted octanol–water partition coefficient (Wildman–Crippen LogP) is 2.90. The standard InChI is InChI=1S/C13H16N2S/c1-2-4-13(5-3-1)16-9-8-15-11-12-6-7-14-10-12/h1-7,10,14-15H,8-9,11H2. The van der Waals surface area contributed by atoms with Crippen molar-refractivity contribution < 1.29 is 0 Å². The minimum absolute atomic E-state index is 0.943. The molecule has 16 heavy (non-hydrogen) atoms. The first-order chi connectivity index (χ1) is 7.95. The van der Waals surface area contributed by atoms with Gasteiger partial charge in [0.1, 0.15) is 0 Å². The molecule has 1 aromatic heterocycles. The molecule has 2 N–H and O–H groups in total. The molecule has 0 saturated carbocycles. The van der Waals surface area contributed by atoms with Crippen LogP contribution in [0, 0.1) is 0 Å². The lowest BCUT2D eigenvalue weighted by molar-refractivity contribution is 0.733. The average Bonchev–Trinajstić information content (AvgIpc) is 2.83. The maximum Gasteiger partial charge on any atom is 0.0220 e. The molecule has 2 rings (SSSR count). The van der Waals surface area contributed by atoms with Crippen molar-refractivity contribution >= 4 is 11.8 Å². The predicted molar refractivity (Wildman–Crippen MR) is 69.7 cm³/mol. The summed E-state index contributed by atoms with van der Waals surface area (Å²) in [6, 6.07) is 12.6. The fourth-order valence-corrected chi connectivity index (χ4v) is 2.29. The Morgan fingerprint density at radius 2 is 2.00 bits per heavy atom. The SMILES string of the molecule is c1ccc(SCCNCc2cc[nH]c2)cc1. The van der Waals surface area contributed by atoms with Gasteiger partial charge in [0.15, 0.2) is 0 Å². The van der Waals surface area contributed by atoms with Gasteiger partial charge in [-0.1, -0.05) is 18.2 Å². The van der Waals surface area contributed by atoms with Gasteiger partial charge in [-0.05, 0) is 23.8 Å². The van der Waals surface area contributed by atoms with Gasteiger partial charge in [0.2, 0.25) is 0 Å². The van der Waals surface area contributed by atoms with Crippen LogP contribution in [0.4, 0.5) is 0 Å². The molecule has 0 aliphatic heterocycles. The lowest BCUT2D eigenvalue weighted by Crippen LogP contribution is -2.15. The van der Waals surface area contributed by atoms with Crippen molar-refractivity contribution in [2.75, 3.05) is 12.3 Å². The van der Waals surface area contributed by atoms with E-state index in [0.29, 0.717) is 0 Å². The molecule has 0 amide bonds. The Hall–Kier alpha value is -1.19. The normalized spacial score (nSPS) is 10.5. The van der Waals surface area contributed by atoms with Crippen LogP contribution in [0.2, 0.25) is 0 Å². The zero-order valence-electron chi connectivity index (χ0n) is 9.15. The number of rotatable bonds is 6. The zero-order chi connectivity index (χ0) is 11.1. The molecule has 1 heterocycles. The summed E-state index contributed by atoms with van der Waals surface area (Å²) >= 11 is 1.89. The van der Waals surface area contributed by atoms with E-state index in [9.17, 15) is 0 Å². The highest BCUT2D eigenvalue weighted by Crippen LogP contribution is 2.15. The second-order valence-electron chi connectivity index (χ2n) is 3.56. The minimum atomic E-state index is 0.943. The summed E-state index contributed by atoms with van der Waals surface area (Å²) in [6.07, 6.45) is 3.98. The smallest absolute Gasteiger partial charge is 0.0220 e. The molecule has 2 nitrogen and oxygen atoms in total. The van der Waals surface area contributed by atoms with E-state index in [0.717, 1.165) is 18.8 Å². The Balaban J connectivity index is 1.59. The van der Waals surface area contributed by atoms with E-state index in [4.69, 9.17) is 0 Å². The molecular formula is C13H16N2S. The molecule has 0 unspecified atom stereocenters. The van der Waals surface area contributed by atoms with Crippen LogP contribution in [0.15, 0.2) is 53.7 Å². The summed E-state index contributed by atoms with van der Waals surface area (Å²) < 4.78 is 0. The summed E-state index contributed by atoms with van der Waals surface area (Å²) in [7, 11) is 0. The van der Waals surface area contributed by atoms with E-state index in [2.05, 4.69) is 40.6 Å². The van der Waals surface area contributed by atoms with E-state index in [1.165, 1.54) is 10.5 Å². The van der Waals surface area contributed by atoms with Crippen LogP contribution >= 0.6 is 11.8 Å². The maximum absolute atomic E-state index is 3.42. The third kappa shape index (κ3) is 3.76. The van der Waals surface area contributed by atoms with Gasteiger partial charge in [-0.25, -0.2) is 0 Å². The Labute approximate surface area is 100 Å². The molecule has 0 fully saturated rings. The number of nitrogens with one attached hydrogen (secondary N) is 2. The van der Waals surface area contributed by atoms with Gasteiger partial charge < -0.3 is 10.3 Å². The van der Waals surface area contributed by atoms with Crippen molar-refractivity contribution in [2.24, 2.45) is 0 Å². The van der Waals surface area contributed by atoms with Gasteiger partial charge in [0.05, 0.1) is 0 Å². The number of aromatic nitrogens is 1. The van der Waals surface area contributed by atoms with Crippen molar-refractivity contribution in [3.63, 3.8) is 0 Å². The zero-order valence-corrected chi connectivity index (χ0v) is 9.96. The summed E-state index contributed by atoms with van der Waals surface area (Å²) in [5.41, 5.74) is 1.31. The van der Waals surface area contributed by atoms with Crippen molar-refractivity contribution in [1.82, 2.24) is 10.3 Å². The van der Waals surface area contributed by atoms with E-state index in [1.54, 1.807) is 0 Å². The molecule has 3 heteroatoms. The molecule has 1 aromatic carbocycles. The van der Waals surface area contributed by atoms with Gasteiger partial charge >= 0.3 is 0 Å². The van der Waals surface area contributed by atoms with Crippen molar-refractivity contribution in [3.8, 4) is 0 Å². The average molecular weight is 232 g/mol. The van der Waals surface area contributed by atoms with Crippen molar-refractivity contribution in [1.29, 1.82) is 0 Å². The molecule has 0 bridgehead atoms. The van der Waals surface area contributed by atoms with E-state index in [-0.39, 0.29) is 0 Å². The lowest BCUT2D eigenvalue weighted by atomic mass is 10.3. The first-order valence-corrected chi connectivity index (χ1v) is 6.44.